The van der Waals surface area contributed by atoms with Crippen LogP contribution in [-0.2, 0) is 0 Å². The Hall–Kier alpha value is -1.27. The van der Waals surface area contributed by atoms with Crippen LogP contribution < -0.4 is 11.1 Å². The van der Waals surface area contributed by atoms with Crippen LogP contribution in [0.3, 0.4) is 0 Å². The van der Waals surface area contributed by atoms with Crippen LogP contribution in [-0.4, -0.2) is 25.2 Å². The second-order valence-corrected chi connectivity index (χ2v) is 19.4. The van der Waals surface area contributed by atoms with E-state index in [0.29, 0.717) is 27.2 Å². The predicted octanol–water partition coefficient (Wildman–Crippen LogP) is 4.07. The number of aromatic nitrogens is 2. The summed E-state index contributed by atoms with van der Waals surface area (Å²) >= 11 is 12.9. The molecule has 26 heavy (non-hydrogen) atoms. The summed E-state index contributed by atoms with van der Waals surface area (Å²) in [5, 5.41) is 0.248. The Kier molecular flexibility index (Phi) is 5.44. The Morgan fingerprint density at radius 2 is 1.42 bits per heavy atom. The van der Waals surface area contributed by atoms with Crippen LogP contribution in [0, 0.1) is 25.3 Å². The first-order valence-corrected chi connectivity index (χ1v) is 16.1. The first kappa shape index (κ1) is 21.0. The first-order valence-electron chi connectivity index (χ1n) is 8.38. The van der Waals surface area contributed by atoms with Crippen molar-refractivity contribution in [2.45, 2.75) is 53.1 Å². The van der Waals surface area contributed by atoms with Gasteiger partial charge in [0.25, 0.3) is 11.1 Å². The summed E-state index contributed by atoms with van der Waals surface area (Å²) in [6, 6.07) is 0. The van der Waals surface area contributed by atoms with E-state index in [1.54, 1.807) is 18.4 Å². The summed E-state index contributed by atoms with van der Waals surface area (Å²) in [5.41, 5.74) is 4.26. The van der Waals surface area contributed by atoms with Crippen LogP contribution in [0.1, 0.15) is 22.5 Å². The molecule has 0 bridgehead atoms. The Bertz CT molecular complexity index is 1090. The van der Waals surface area contributed by atoms with Gasteiger partial charge in [-0.2, -0.15) is 4.52 Å². The van der Waals surface area contributed by atoms with Gasteiger partial charge in [0.05, 0.1) is 30.1 Å². The van der Waals surface area contributed by atoms with E-state index in [1.807, 2.05) is 0 Å². The standard InChI is InChI=1S/C18H24Cl2N2O2Si2/c1-11-13(9-10-25(3,4)5)17(23)22-18(24)14(12(2)21(11)22)15(19)16(20)26(6,7)8/h1-8H3/b16-15-. The third-order valence-corrected chi connectivity index (χ3v) is 8.97. The van der Waals surface area contributed by atoms with Crippen LogP contribution in [0.4, 0.5) is 0 Å². The highest BCUT2D eigenvalue weighted by Gasteiger charge is 2.28. The van der Waals surface area contributed by atoms with Gasteiger partial charge < -0.3 is 0 Å². The van der Waals surface area contributed by atoms with Crippen molar-refractivity contribution in [1.29, 1.82) is 0 Å². The largest absolute Gasteiger partial charge is 0.290 e. The Morgan fingerprint density at radius 3 is 1.85 bits per heavy atom. The van der Waals surface area contributed by atoms with Crippen molar-refractivity contribution in [3.05, 3.63) is 47.9 Å². The molecule has 0 fully saturated rings. The number of rotatable bonds is 2. The second kappa shape index (κ2) is 6.72. The minimum absolute atomic E-state index is 0.248. The molecule has 8 heteroatoms. The molecule has 0 saturated heterocycles. The molecule has 2 rings (SSSR count). The Balaban J connectivity index is 2.88. The monoisotopic (exact) mass is 426 g/mol. The van der Waals surface area contributed by atoms with Crippen LogP contribution in [0.15, 0.2) is 14.2 Å². The second-order valence-electron chi connectivity index (χ2n) is 8.53. The lowest BCUT2D eigenvalue weighted by Crippen LogP contribution is -2.25. The quantitative estimate of drug-likeness (QED) is 0.536. The number of hydrogen-bond acceptors (Lipinski definition) is 2. The number of aryl methyl sites for hydroxylation is 2. The van der Waals surface area contributed by atoms with Crippen LogP contribution in [0.5, 0.6) is 0 Å². The van der Waals surface area contributed by atoms with Gasteiger partial charge in [0, 0.05) is 4.66 Å². The van der Waals surface area contributed by atoms with Gasteiger partial charge in [-0.3, -0.25) is 14.1 Å². The summed E-state index contributed by atoms with van der Waals surface area (Å²) in [4.78, 5) is 25.8. The number of halogens is 2. The molecular weight excluding hydrogens is 403 g/mol. The van der Waals surface area contributed by atoms with Crippen molar-refractivity contribution in [1.82, 2.24) is 9.03 Å². The molecule has 0 aliphatic carbocycles. The molecule has 0 atom stereocenters. The maximum Gasteiger partial charge on any atom is 0.290 e. The molecule has 0 aliphatic rings. The molecule has 0 spiro atoms. The fraction of sp³-hybridized carbons (Fsp3) is 0.444. The molecule has 2 aromatic heterocycles. The maximum atomic E-state index is 13.0. The van der Waals surface area contributed by atoms with E-state index in [1.165, 1.54) is 0 Å². The zero-order chi connectivity index (χ0) is 20.2. The zero-order valence-corrected chi connectivity index (χ0v) is 20.0. The lowest BCUT2D eigenvalue weighted by molar-refractivity contribution is 0.768. The number of hydrogen-bond donors (Lipinski definition) is 0. The lowest BCUT2D eigenvalue weighted by atomic mass is 10.2. The topological polar surface area (TPSA) is 43.0 Å². The summed E-state index contributed by atoms with van der Waals surface area (Å²) in [6.45, 7) is 16.0. The lowest BCUT2D eigenvalue weighted by Gasteiger charge is -2.16. The van der Waals surface area contributed by atoms with E-state index in [4.69, 9.17) is 23.2 Å². The predicted molar refractivity (Wildman–Crippen MR) is 116 cm³/mol. The van der Waals surface area contributed by atoms with Crippen molar-refractivity contribution < 1.29 is 0 Å². The molecular formula is C18H24Cl2N2O2Si2. The minimum Gasteiger partial charge on any atom is -0.267 e. The van der Waals surface area contributed by atoms with Gasteiger partial charge in [-0.25, -0.2) is 0 Å². The zero-order valence-electron chi connectivity index (χ0n) is 16.5. The van der Waals surface area contributed by atoms with Crippen LogP contribution in [0.2, 0.25) is 39.3 Å². The van der Waals surface area contributed by atoms with Gasteiger partial charge in [0.2, 0.25) is 0 Å². The molecule has 0 unspecified atom stereocenters. The fourth-order valence-electron chi connectivity index (χ4n) is 2.64. The van der Waals surface area contributed by atoms with Gasteiger partial charge >= 0.3 is 0 Å². The summed E-state index contributed by atoms with van der Waals surface area (Å²) in [6.07, 6.45) is 0. The highest BCUT2D eigenvalue weighted by Crippen LogP contribution is 2.32. The smallest absolute Gasteiger partial charge is 0.267 e. The summed E-state index contributed by atoms with van der Waals surface area (Å²) < 4.78 is 3.24. The molecule has 140 valence electrons. The average Bonchev–Trinajstić information content (AvgIpc) is 2.88. The number of fused-ring (bicyclic) bond motifs is 1. The molecule has 0 radical (unpaired) electrons. The summed E-state index contributed by atoms with van der Waals surface area (Å²) in [7, 11) is -3.54. The molecule has 0 aromatic carbocycles. The van der Waals surface area contributed by atoms with Gasteiger partial charge in [-0.05, 0) is 13.8 Å². The maximum absolute atomic E-state index is 13.0. The highest BCUT2D eigenvalue weighted by molar-refractivity contribution is 6.94. The summed E-state index contributed by atoms with van der Waals surface area (Å²) in [5.74, 6) is 3.00. The molecule has 0 amide bonds. The molecule has 2 aromatic rings. The van der Waals surface area contributed by atoms with E-state index in [-0.39, 0.29) is 5.03 Å². The van der Waals surface area contributed by atoms with Gasteiger partial charge in [0.15, 0.2) is 0 Å². The van der Waals surface area contributed by atoms with E-state index < -0.39 is 27.3 Å². The molecule has 4 nitrogen and oxygen atoms in total. The van der Waals surface area contributed by atoms with E-state index in [0.717, 1.165) is 4.52 Å². The Labute approximate surface area is 165 Å². The number of nitrogens with zero attached hydrogens (tertiary/aromatic N) is 2. The van der Waals surface area contributed by atoms with Crippen molar-refractivity contribution in [2.24, 2.45) is 0 Å². The molecule has 2 heterocycles. The normalized spacial score (nSPS) is 13.6. The van der Waals surface area contributed by atoms with Crippen LogP contribution >= 0.6 is 23.2 Å². The average molecular weight is 427 g/mol. The minimum atomic E-state index is -1.89. The molecule has 0 aliphatic heterocycles. The Morgan fingerprint density at radius 1 is 0.885 bits per heavy atom. The van der Waals surface area contributed by atoms with Crippen molar-refractivity contribution in [2.75, 3.05) is 0 Å². The van der Waals surface area contributed by atoms with Crippen LogP contribution in [0.25, 0.3) is 5.03 Å². The van der Waals surface area contributed by atoms with Gasteiger partial charge in [0.1, 0.15) is 13.6 Å². The van der Waals surface area contributed by atoms with Crippen molar-refractivity contribution >= 4 is 44.4 Å². The van der Waals surface area contributed by atoms with Crippen molar-refractivity contribution in [3.63, 3.8) is 0 Å². The van der Waals surface area contributed by atoms with E-state index in [9.17, 15) is 9.59 Å². The van der Waals surface area contributed by atoms with E-state index in [2.05, 4.69) is 50.7 Å². The van der Waals surface area contributed by atoms with Crippen molar-refractivity contribution in [3.8, 4) is 11.5 Å². The third kappa shape index (κ3) is 3.58. The SMILES string of the molecule is Cc1c(C#C[Si](C)(C)C)c(=O)n2c(=O)c(/C(Cl)=C(\Cl)[Si](C)(C)C)c(C)n12. The fourth-order valence-corrected chi connectivity index (χ4v) is 5.09. The first-order chi connectivity index (χ1) is 11.7. The third-order valence-electron chi connectivity index (χ3n) is 4.00. The van der Waals surface area contributed by atoms with Gasteiger partial charge in [-0.15, -0.1) is 5.54 Å². The van der Waals surface area contributed by atoms with E-state index >= 15 is 0 Å². The molecule has 0 N–H and O–H groups in total. The molecule has 0 saturated carbocycles. The highest BCUT2D eigenvalue weighted by atomic mass is 35.5. The van der Waals surface area contributed by atoms with Gasteiger partial charge in [-0.1, -0.05) is 68.4 Å².